The summed E-state index contributed by atoms with van der Waals surface area (Å²) in [5.41, 5.74) is 2.10. The van der Waals surface area contributed by atoms with Crippen LogP contribution in [-0.2, 0) is 4.74 Å². The van der Waals surface area contributed by atoms with Crippen LogP contribution in [0, 0.1) is 0 Å². The molecule has 0 N–H and O–H groups in total. The molecular formula is C8H19NOSi. The zero-order chi connectivity index (χ0) is 8.69. The monoisotopic (exact) mass is 173 g/mol. The predicted molar refractivity (Wildman–Crippen MR) is 52.3 cm³/mol. The molecule has 0 aromatic carbocycles. The molecule has 0 saturated carbocycles. The minimum Gasteiger partial charge on any atom is -0.382 e. The van der Waals surface area contributed by atoms with Crippen molar-refractivity contribution in [2.45, 2.75) is 13.0 Å². The Morgan fingerprint density at radius 1 is 1.55 bits per heavy atom. The van der Waals surface area contributed by atoms with Crippen molar-refractivity contribution >= 4 is 8.96 Å². The van der Waals surface area contributed by atoms with Gasteiger partial charge in [0.1, 0.15) is 8.96 Å². The first kappa shape index (κ1) is 10.9. The van der Waals surface area contributed by atoms with E-state index in [1.807, 2.05) is 6.92 Å². The number of hydrogen-bond donors (Lipinski definition) is 0. The first-order chi connectivity index (χ1) is 5.22. The van der Waals surface area contributed by atoms with E-state index in [0.29, 0.717) is 0 Å². The second kappa shape index (κ2) is 6.58. The van der Waals surface area contributed by atoms with Gasteiger partial charge < -0.3 is 9.30 Å². The van der Waals surface area contributed by atoms with Gasteiger partial charge in [0.15, 0.2) is 0 Å². The summed E-state index contributed by atoms with van der Waals surface area (Å²) in [5.74, 6) is 0. The van der Waals surface area contributed by atoms with E-state index < -0.39 is 8.96 Å². The Balaban J connectivity index is 3.44. The second-order valence-electron chi connectivity index (χ2n) is 2.75. The molecule has 0 aliphatic carbocycles. The van der Waals surface area contributed by atoms with Gasteiger partial charge in [-0.2, -0.15) is 0 Å². The molecule has 0 rings (SSSR count). The van der Waals surface area contributed by atoms with Gasteiger partial charge in [-0.25, -0.2) is 0 Å². The number of nitrogens with zero attached hydrogens (tertiary/aromatic N) is 1. The third-order valence-electron chi connectivity index (χ3n) is 1.70. The number of hydrogen-bond acceptors (Lipinski definition) is 2. The topological polar surface area (TPSA) is 12.5 Å². The molecule has 1 atom stereocenters. The van der Waals surface area contributed by atoms with Crippen LogP contribution in [-0.4, -0.2) is 40.8 Å². The zero-order valence-electron chi connectivity index (χ0n) is 7.84. The fourth-order valence-corrected chi connectivity index (χ4v) is 2.52. The van der Waals surface area contributed by atoms with E-state index >= 15 is 0 Å². The van der Waals surface area contributed by atoms with Crippen LogP contribution in [0.15, 0.2) is 12.3 Å². The fourth-order valence-electron chi connectivity index (χ4n) is 0.935. The molecule has 0 heterocycles. The minimum absolute atomic E-state index is 0.825. The third kappa shape index (κ3) is 5.18. The van der Waals surface area contributed by atoms with Gasteiger partial charge in [-0.1, -0.05) is 5.70 Å². The molecule has 0 aromatic rings. The molecule has 0 saturated heterocycles. The van der Waals surface area contributed by atoms with Crippen LogP contribution in [0.5, 0.6) is 0 Å². The lowest BCUT2D eigenvalue weighted by atomic mass is 10.8. The Hall–Kier alpha value is -0.123. The summed E-state index contributed by atoms with van der Waals surface area (Å²) in [7, 11) is 3.39. The van der Waals surface area contributed by atoms with Gasteiger partial charge in [0.2, 0.25) is 0 Å². The SMILES string of the molecule is C=C[SiH](CCOCC)N(C)C. The van der Waals surface area contributed by atoms with Crippen LogP contribution >= 0.6 is 0 Å². The molecule has 0 amide bonds. The summed E-state index contributed by atoms with van der Waals surface area (Å²) in [4.78, 5) is 0. The van der Waals surface area contributed by atoms with E-state index in [-0.39, 0.29) is 0 Å². The van der Waals surface area contributed by atoms with Crippen molar-refractivity contribution in [1.29, 1.82) is 0 Å². The number of ether oxygens (including phenoxy) is 1. The summed E-state index contributed by atoms with van der Waals surface area (Å²) in [6.45, 7) is 7.57. The quantitative estimate of drug-likeness (QED) is 0.439. The number of rotatable bonds is 6. The molecular weight excluding hydrogens is 154 g/mol. The van der Waals surface area contributed by atoms with Crippen molar-refractivity contribution in [2.24, 2.45) is 0 Å². The van der Waals surface area contributed by atoms with Gasteiger partial charge in [-0.3, -0.25) is 0 Å². The summed E-state index contributed by atoms with van der Waals surface area (Å²) < 4.78 is 7.56. The highest BCUT2D eigenvalue weighted by atomic mass is 28.3. The van der Waals surface area contributed by atoms with Crippen LogP contribution < -0.4 is 0 Å². The lowest BCUT2D eigenvalue weighted by Gasteiger charge is -2.18. The van der Waals surface area contributed by atoms with Gasteiger partial charge in [-0.15, -0.1) is 6.58 Å². The summed E-state index contributed by atoms with van der Waals surface area (Å²) in [6.07, 6.45) is 0. The second-order valence-corrected chi connectivity index (χ2v) is 5.97. The smallest absolute Gasteiger partial charge is 0.137 e. The maximum Gasteiger partial charge on any atom is 0.137 e. The van der Waals surface area contributed by atoms with E-state index in [1.165, 1.54) is 6.04 Å². The molecule has 0 bridgehead atoms. The van der Waals surface area contributed by atoms with Gasteiger partial charge in [0.25, 0.3) is 0 Å². The van der Waals surface area contributed by atoms with E-state index in [4.69, 9.17) is 4.74 Å². The largest absolute Gasteiger partial charge is 0.382 e. The normalized spacial score (nSPS) is 13.5. The molecule has 66 valence electrons. The molecule has 1 unspecified atom stereocenters. The average molecular weight is 173 g/mol. The summed E-state index contributed by atoms with van der Waals surface area (Å²) >= 11 is 0. The molecule has 0 aliphatic heterocycles. The maximum atomic E-state index is 5.28. The van der Waals surface area contributed by atoms with Crippen molar-refractivity contribution in [2.75, 3.05) is 27.3 Å². The molecule has 0 radical (unpaired) electrons. The van der Waals surface area contributed by atoms with Crippen LogP contribution in [0.4, 0.5) is 0 Å². The van der Waals surface area contributed by atoms with Crippen LogP contribution in [0.25, 0.3) is 0 Å². The molecule has 0 aromatic heterocycles. The lowest BCUT2D eigenvalue weighted by molar-refractivity contribution is 0.160. The highest BCUT2D eigenvalue weighted by Crippen LogP contribution is 1.97. The van der Waals surface area contributed by atoms with Gasteiger partial charge in [0.05, 0.1) is 0 Å². The molecule has 3 heteroatoms. The van der Waals surface area contributed by atoms with Crippen molar-refractivity contribution < 1.29 is 4.74 Å². The lowest BCUT2D eigenvalue weighted by Crippen LogP contribution is -2.31. The van der Waals surface area contributed by atoms with E-state index in [2.05, 4.69) is 30.9 Å². The van der Waals surface area contributed by atoms with Crippen LogP contribution in [0.3, 0.4) is 0 Å². The first-order valence-corrected chi connectivity index (χ1v) is 6.09. The van der Waals surface area contributed by atoms with Crippen molar-refractivity contribution in [3.63, 3.8) is 0 Å². The van der Waals surface area contributed by atoms with E-state index in [1.54, 1.807) is 0 Å². The first-order valence-electron chi connectivity index (χ1n) is 4.09. The van der Waals surface area contributed by atoms with Crippen molar-refractivity contribution in [1.82, 2.24) is 4.57 Å². The highest BCUT2D eigenvalue weighted by molar-refractivity contribution is 6.61. The van der Waals surface area contributed by atoms with Gasteiger partial charge >= 0.3 is 0 Å². The molecule has 0 spiro atoms. The van der Waals surface area contributed by atoms with E-state index in [0.717, 1.165) is 13.2 Å². The molecule has 11 heavy (non-hydrogen) atoms. The maximum absolute atomic E-state index is 5.28. The molecule has 0 fully saturated rings. The minimum atomic E-state index is -0.846. The molecule has 2 nitrogen and oxygen atoms in total. The predicted octanol–water partition coefficient (Wildman–Crippen LogP) is 1.03. The Morgan fingerprint density at radius 2 is 2.18 bits per heavy atom. The average Bonchev–Trinajstić information content (AvgIpc) is 1.97. The summed E-state index contributed by atoms with van der Waals surface area (Å²) in [6, 6.07) is 1.17. The zero-order valence-corrected chi connectivity index (χ0v) is 8.99. The van der Waals surface area contributed by atoms with Gasteiger partial charge in [0, 0.05) is 13.2 Å². The fraction of sp³-hybridized carbons (Fsp3) is 0.750. The summed E-state index contributed by atoms with van der Waals surface area (Å²) in [5, 5.41) is 0. The van der Waals surface area contributed by atoms with Crippen molar-refractivity contribution in [3.05, 3.63) is 12.3 Å². The van der Waals surface area contributed by atoms with Crippen LogP contribution in [0.2, 0.25) is 6.04 Å². The van der Waals surface area contributed by atoms with E-state index in [9.17, 15) is 0 Å². The Morgan fingerprint density at radius 3 is 2.55 bits per heavy atom. The molecule has 0 aliphatic rings. The Labute approximate surface area is 71.5 Å². The van der Waals surface area contributed by atoms with Gasteiger partial charge in [-0.05, 0) is 27.1 Å². The van der Waals surface area contributed by atoms with Crippen molar-refractivity contribution in [3.8, 4) is 0 Å². The standard InChI is InChI=1S/C8H19NOSi/c1-5-10-7-8-11(6-2)9(3)4/h6,11H,2,5,7-8H2,1,3-4H3. The Bertz CT molecular complexity index is 106. The highest BCUT2D eigenvalue weighted by Gasteiger charge is 2.07. The Kier molecular flexibility index (Phi) is 6.50. The van der Waals surface area contributed by atoms with Crippen LogP contribution in [0.1, 0.15) is 6.92 Å². The third-order valence-corrected chi connectivity index (χ3v) is 4.40.